The monoisotopic (exact) mass is 336 g/mol. The van der Waals surface area contributed by atoms with E-state index in [0.29, 0.717) is 5.57 Å². The van der Waals surface area contributed by atoms with Crippen molar-refractivity contribution in [3.8, 4) is 0 Å². The summed E-state index contributed by atoms with van der Waals surface area (Å²) in [6, 6.07) is 0. The number of carboxylic acid groups (broad SMARTS) is 2. The lowest BCUT2D eigenvalue weighted by molar-refractivity contribution is -0.139. The van der Waals surface area contributed by atoms with E-state index in [1.807, 2.05) is 0 Å². The Morgan fingerprint density at radius 3 is 1.67 bits per heavy atom. The third kappa shape index (κ3) is 5.18. The highest BCUT2D eigenvalue weighted by molar-refractivity contribution is 5.94. The fourth-order valence-electron chi connectivity index (χ4n) is 4.18. The molecule has 134 valence electrons. The van der Waals surface area contributed by atoms with Crippen LogP contribution in [-0.4, -0.2) is 27.9 Å². The number of carbonyl (C=O) groups is 3. The first kappa shape index (κ1) is 18.7. The third-order valence-corrected chi connectivity index (χ3v) is 5.50. The number of carboxylic acids is 2. The molecule has 0 amide bonds. The van der Waals surface area contributed by atoms with Gasteiger partial charge in [0.1, 0.15) is 5.78 Å². The zero-order valence-electron chi connectivity index (χ0n) is 14.3. The summed E-state index contributed by atoms with van der Waals surface area (Å²) in [5.74, 6) is -2.14. The van der Waals surface area contributed by atoms with E-state index < -0.39 is 18.4 Å². The van der Waals surface area contributed by atoms with Gasteiger partial charge in [-0.25, -0.2) is 4.79 Å². The van der Waals surface area contributed by atoms with Gasteiger partial charge in [-0.15, -0.1) is 0 Å². The maximum atomic E-state index is 12.7. The van der Waals surface area contributed by atoms with E-state index in [4.69, 9.17) is 5.11 Å². The third-order valence-electron chi connectivity index (χ3n) is 5.50. The second-order valence-corrected chi connectivity index (χ2v) is 7.19. The average molecular weight is 336 g/mol. The Morgan fingerprint density at radius 2 is 1.21 bits per heavy atom. The summed E-state index contributed by atoms with van der Waals surface area (Å²) in [5.41, 5.74) is 0.540. The van der Waals surface area contributed by atoms with Crippen molar-refractivity contribution in [1.82, 2.24) is 0 Å². The van der Waals surface area contributed by atoms with Gasteiger partial charge in [-0.1, -0.05) is 38.5 Å². The molecule has 0 aromatic rings. The van der Waals surface area contributed by atoms with Gasteiger partial charge in [0, 0.05) is 17.9 Å². The van der Waals surface area contributed by atoms with Gasteiger partial charge in [-0.05, 0) is 37.2 Å². The van der Waals surface area contributed by atoms with Gasteiger partial charge in [-0.3, -0.25) is 9.59 Å². The van der Waals surface area contributed by atoms with Crippen LogP contribution in [0, 0.1) is 11.8 Å². The molecule has 2 N–H and O–H groups in total. The number of hydrogen-bond acceptors (Lipinski definition) is 3. The predicted octanol–water partition coefficient (Wildman–Crippen LogP) is 3.96. The zero-order chi connectivity index (χ0) is 17.5. The van der Waals surface area contributed by atoms with Crippen LogP contribution in [0.15, 0.2) is 11.1 Å². The number of allylic oxidation sites excluding steroid dienone is 1. The Kier molecular flexibility index (Phi) is 7.00. The van der Waals surface area contributed by atoms with Gasteiger partial charge in [0.2, 0.25) is 0 Å². The Morgan fingerprint density at radius 1 is 0.708 bits per heavy atom. The lowest BCUT2D eigenvalue weighted by Gasteiger charge is -2.28. The first-order valence-corrected chi connectivity index (χ1v) is 9.18. The highest BCUT2D eigenvalue weighted by Gasteiger charge is 2.29. The average Bonchev–Trinajstić information content (AvgIpc) is 2.59. The van der Waals surface area contributed by atoms with E-state index in [2.05, 4.69) is 0 Å². The largest absolute Gasteiger partial charge is 0.481 e. The maximum absolute atomic E-state index is 12.7. The normalized spacial score (nSPS) is 21.2. The summed E-state index contributed by atoms with van der Waals surface area (Å²) in [6.45, 7) is 0. The standard InChI is InChI=1S/C19H28O5/c20-17(14-9-5-2-6-10-14)11-15(13-7-3-1-4-8-13)16(19(23)24)12-18(21)22/h13-14H,1-12H2,(H,21,22)(H,23,24). The van der Waals surface area contributed by atoms with Crippen molar-refractivity contribution >= 4 is 17.7 Å². The molecule has 5 nitrogen and oxygen atoms in total. The van der Waals surface area contributed by atoms with Crippen LogP contribution in [0.1, 0.15) is 77.0 Å². The molecule has 0 bridgehead atoms. The SMILES string of the molecule is O=C(O)CC(C(=O)O)=C(CC(=O)C1CCCCC1)C1CCCCC1. The van der Waals surface area contributed by atoms with Gasteiger partial charge in [-0.2, -0.15) is 0 Å². The number of rotatable bonds is 7. The highest BCUT2D eigenvalue weighted by Crippen LogP contribution is 2.36. The van der Waals surface area contributed by atoms with Crippen molar-refractivity contribution in [3.63, 3.8) is 0 Å². The second kappa shape index (κ2) is 9.00. The van der Waals surface area contributed by atoms with Crippen LogP contribution in [0.3, 0.4) is 0 Å². The fraction of sp³-hybridized carbons (Fsp3) is 0.737. The van der Waals surface area contributed by atoms with E-state index in [9.17, 15) is 19.5 Å². The molecule has 24 heavy (non-hydrogen) atoms. The molecular formula is C19H28O5. The zero-order valence-corrected chi connectivity index (χ0v) is 14.3. The molecule has 0 unspecified atom stereocenters. The molecule has 0 aliphatic heterocycles. The molecule has 0 radical (unpaired) electrons. The molecule has 0 spiro atoms. The van der Waals surface area contributed by atoms with E-state index in [-0.39, 0.29) is 29.6 Å². The lowest BCUT2D eigenvalue weighted by Crippen LogP contribution is -2.23. The Balaban J connectivity index is 2.24. The van der Waals surface area contributed by atoms with Gasteiger partial charge in [0.25, 0.3) is 0 Å². The summed E-state index contributed by atoms with van der Waals surface area (Å²) in [5, 5.41) is 18.6. The van der Waals surface area contributed by atoms with Gasteiger partial charge in [0.05, 0.1) is 6.42 Å². The van der Waals surface area contributed by atoms with Crippen molar-refractivity contribution in [3.05, 3.63) is 11.1 Å². The van der Waals surface area contributed by atoms with Crippen LogP contribution in [-0.2, 0) is 14.4 Å². The number of hydrogen-bond donors (Lipinski definition) is 2. The summed E-state index contributed by atoms with van der Waals surface area (Å²) < 4.78 is 0. The van der Waals surface area contributed by atoms with Crippen LogP contribution >= 0.6 is 0 Å². The van der Waals surface area contributed by atoms with Gasteiger partial charge in [0.15, 0.2) is 0 Å². The molecule has 5 heteroatoms. The number of carbonyl (C=O) groups excluding carboxylic acids is 1. The summed E-state index contributed by atoms with van der Waals surface area (Å²) in [6.07, 6.45) is 9.57. The molecule has 0 heterocycles. The minimum Gasteiger partial charge on any atom is -0.481 e. The van der Waals surface area contributed by atoms with Gasteiger partial charge >= 0.3 is 11.9 Å². The Bertz CT molecular complexity index is 508. The molecule has 2 fully saturated rings. The van der Waals surface area contributed by atoms with Gasteiger partial charge < -0.3 is 10.2 Å². The Labute approximate surface area is 143 Å². The molecule has 0 aromatic heterocycles. The maximum Gasteiger partial charge on any atom is 0.332 e. The molecule has 0 aromatic carbocycles. The molecular weight excluding hydrogens is 308 g/mol. The topological polar surface area (TPSA) is 91.7 Å². The van der Waals surface area contributed by atoms with Crippen molar-refractivity contribution in [1.29, 1.82) is 0 Å². The van der Waals surface area contributed by atoms with Crippen LogP contribution in [0.25, 0.3) is 0 Å². The van der Waals surface area contributed by atoms with Crippen LogP contribution < -0.4 is 0 Å². The van der Waals surface area contributed by atoms with E-state index in [1.165, 1.54) is 0 Å². The molecule has 0 saturated heterocycles. The molecule has 2 rings (SSSR count). The minimum atomic E-state index is -1.19. The number of ketones is 1. The first-order valence-electron chi connectivity index (χ1n) is 9.18. The fourth-order valence-corrected chi connectivity index (χ4v) is 4.18. The van der Waals surface area contributed by atoms with Crippen LogP contribution in [0.4, 0.5) is 0 Å². The van der Waals surface area contributed by atoms with Crippen LogP contribution in [0.2, 0.25) is 0 Å². The summed E-state index contributed by atoms with van der Waals surface area (Å²) in [4.78, 5) is 35.4. The molecule has 0 atom stereocenters. The smallest absolute Gasteiger partial charge is 0.332 e. The lowest BCUT2D eigenvalue weighted by atomic mass is 9.76. The second-order valence-electron chi connectivity index (χ2n) is 7.19. The van der Waals surface area contributed by atoms with E-state index >= 15 is 0 Å². The van der Waals surface area contributed by atoms with Crippen molar-refractivity contribution in [2.75, 3.05) is 0 Å². The molecule has 2 saturated carbocycles. The minimum absolute atomic E-state index is 0.0252. The van der Waals surface area contributed by atoms with Crippen molar-refractivity contribution in [2.45, 2.75) is 77.0 Å². The number of aliphatic carboxylic acids is 2. The van der Waals surface area contributed by atoms with Crippen LogP contribution in [0.5, 0.6) is 0 Å². The van der Waals surface area contributed by atoms with E-state index in [1.54, 1.807) is 0 Å². The molecule has 2 aliphatic rings. The quantitative estimate of drug-likeness (QED) is 0.687. The first-order chi connectivity index (χ1) is 11.5. The van der Waals surface area contributed by atoms with Crippen molar-refractivity contribution < 1.29 is 24.6 Å². The predicted molar refractivity (Wildman–Crippen MR) is 89.7 cm³/mol. The van der Waals surface area contributed by atoms with E-state index in [0.717, 1.165) is 64.2 Å². The highest BCUT2D eigenvalue weighted by atomic mass is 16.4. The Hall–Kier alpha value is -1.65. The summed E-state index contributed by atoms with van der Waals surface area (Å²) in [7, 11) is 0. The van der Waals surface area contributed by atoms with Crippen molar-refractivity contribution in [2.24, 2.45) is 11.8 Å². The molecule has 2 aliphatic carbocycles. The number of Topliss-reactive ketones (excluding diaryl/α,β-unsaturated/α-hetero) is 1. The summed E-state index contributed by atoms with van der Waals surface area (Å²) >= 11 is 0.